The van der Waals surface area contributed by atoms with Crippen molar-refractivity contribution in [1.29, 1.82) is 0 Å². The molecule has 2 rings (SSSR count). The molecule has 19 heavy (non-hydrogen) atoms. The number of hydrogen-bond donors (Lipinski definition) is 1. The van der Waals surface area contributed by atoms with Crippen molar-refractivity contribution < 1.29 is 9.15 Å². The lowest BCUT2D eigenvalue weighted by Crippen LogP contribution is -2.13. The van der Waals surface area contributed by atoms with E-state index in [1.54, 1.807) is 0 Å². The number of aryl methyl sites for hydroxylation is 1. The monoisotopic (exact) mass is 261 g/mol. The molecule has 0 atom stereocenters. The van der Waals surface area contributed by atoms with Gasteiger partial charge in [-0.15, -0.1) is 0 Å². The van der Waals surface area contributed by atoms with Gasteiger partial charge in [0.1, 0.15) is 17.1 Å². The zero-order chi connectivity index (χ0) is 13.7. The van der Waals surface area contributed by atoms with Crippen molar-refractivity contribution in [3.05, 3.63) is 29.5 Å². The standard InChI is InChI=1S/C16H23NO2/c1-4-8-17-11-16-12(3)14-10-13(18-9-5-2)6-7-15(14)19-16/h6-7,10,17H,4-5,8-9,11H2,1-3H3. The molecule has 0 spiro atoms. The van der Waals surface area contributed by atoms with Crippen molar-refractivity contribution in [3.8, 4) is 5.75 Å². The van der Waals surface area contributed by atoms with E-state index in [0.29, 0.717) is 0 Å². The lowest BCUT2D eigenvalue weighted by molar-refractivity contribution is 0.318. The van der Waals surface area contributed by atoms with Gasteiger partial charge < -0.3 is 14.5 Å². The second-order valence-corrected chi connectivity index (χ2v) is 4.83. The van der Waals surface area contributed by atoms with E-state index < -0.39 is 0 Å². The molecule has 0 aliphatic carbocycles. The molecule has 104 valence electrons. The zero-order valence-electron chi connectivity index (χ0n) is 12.1. The van der Waals surface area contributed by atoms with Gasteiger partial charge in [0.25, 0.3) is 0 Å². The second-order valence-electron chi connectivity index (χ2n) is 4.83. The molecule has 0 fully saturated rings. The molecule has 0 unspecified atom stereocenters. The molecule has 0 saturated carbocycles. The van der Waals surface area contributed by atoms with Gasteiger partial charge >= 0.3 is 0 Å². The first-order chi connectivity index (χ1) is 9.26. The highest BCUT2D eigenvalue weighted by Gasteiger charge is 2.10. The van der Waals surface area contributed by atoms with Crippen LogP contribution in [0.3, 0.4) is 0 Å². The van der Waals surface area contributed by atoms with Crippen LogP contribution < -0.4 is 10.1 Å². The molecule has 0 saturated heterocycles. The van der Waals surface area contributed by atoms with Crippen molar-refractivity contribution in [2.24, 2.45) is 0 Å². The maximum absolute atomic E-state index is 5.89. The summed E-state index contributed by atoms with van der Waals surface area (Å²) in [4.78, 5) is 0. The third kappa shape index (κ3) is 3.29. The van der Waals surface area contributed by atoms with Crippen LogP contribution in [0.4, 0.5) is 0 Å². The smallest absolute Gasteiger partial charge is 0.134 e. The summed E-state index contributed by atoms with van der Waals surface area (Å²) in [6, 6.07) is 6.05. The second kappa shape index (κ2) is 6.62. The molecule has 2 aromatic rings. The molecule has 1 aromatic heterocycles. The quantitative estimate of drug-likeness (QED) is 0.764. The van der Waals surface area contributed by atoms with Gasteiger partial charge in [0.15, 0.2) is 0 Å². The molecule has 3 nitrogen and oxygen atoms in total. The Kier molecular flexibility index (Phi) is 4.86. The maximum atomic E-state index is 5.89. The average molecular weight is 261 g/mol. The minimum atomic E-state index is 0.757. The minimum Gasteiger partial charge on any atom is -0.494 e. The van der Waals surface area contributed by atoms with E-state index in [1.807, 2.05) is 12.1 Å². The molecule has 1 N–H and O–H groups in total. The Balaban J connectivity index is 2.19. The molecule has 0 amide bonds. The first-order valence-electron chi connectivity index (χ1n) is 7.11. The van der Waals surface area contributed by atoms with E-state index in [1.165, 1.54) is 5.56 Å². The van der Waals surface area contributed by atoms with Crippen LogP contribution in [0.25, 0.3) is 11.0 Å². The predicted molar refractivity (Wildman–Crippen MR) is 78.7 cm³/mol. The van der Waals surface area contributed by atoms with Crippen molar-refractivity contribution in [2.45, 2.75) is 40.2 Å². The van der Waals surface area contributed by atoms with Gasteiger partial charge in [0.05, 0.1) is 13.2 Å². The summed E-state index contributed by atoms with van der Waals surface area (Å²) in [7, 11) is 0. The Morgan fingerprint density at radius 3 is 2.79 bits per heavy atom. The summed E-state index contributed by atoms with van der Waals surface area (Å²) >= 11 is 0. The number of hydrogen-bond acceptors (Lipinski definition) is 3. The van der Waals surface area contributed by atoms with Crippen LogP contribution in [-0.4, -0.2) is 13.2 Å². The Morgan fingerprint density at radius 2 is 2.05 bits per heavy atom. The Labute approximate surface area is 114 Å². The van der Waals surface area contributed by atoms with Gasteiger partial charge in [0, 0.05) is 5.39 Å². The topological polar surface area (TPSA) is 34.4 Å². The van der Waals surface area contributed by atoms with Crippen molar-refractivity contribution in [1.82, 2.24) is 5.32 Å². The van der Waals surface area contributed by atoms with Crippen molar-refractivity contribution in [3.63, 3.8) is 0 Å². The summed E-state index contributed by atoms with van der Waals surface area (Å²) in [6.45, 7) is 8.95. The van der Waals surface area contributed by atoms with Crippen molar-refractivity contribution in [2.75, 3.05) is 13.2 Å². The van der Waals surface area contributed by atoms with Crippen LogP contribution >= 0.6 is 0 Å². The van der Waals surface area contributed by atoms with Gasteiger partial charge in [-0.2, -0.15) is 0 Å². The van der Waals surface area contributed by atoms with E-state index in [9.17, 15) is 0 Å². The third-order valence-electron chi connectivity index (χ3n) is 3.19. The van der Waals surface area contributed by atoms with Gasteiger partial charge in [0.2, 0.25) is 0 Å². The van der Waals surface area contributed by atoms with Gasteiger partial charge in [-0.3, -0.25) is 0 Å². The summed E-state index contributed by atoms with van der Waals surface area (Å²) < 4.78 is 11.6. The fourth-order valence-corrected chi connectivity index (χ4v) is 2.11. The molecule has 0 aliphatic rings. The van der Waals surface area contributed by atoms with Gasteiger partial charge in [-0.1, -0.05) is 13.8 Å². The highest BCUT2D eigenvalue weighted by molar-refractivity contribution is 5.83. The van der Waals surface area contributed by atoms with Gasteiger partial charge in [-0.05, 0) is 50.1 Å². The average Bonchev–Trinajstić information content (AvgIpc) is 2.74. The third-order valence-corrected chi connectivity index (χ3v) is 3.19. The number of furan rings is 1. The van der Waals surface area contributed by atoms with Crippen LogP contribution in [0, 0.1) is 6.92 Å². The van der Waals surface area contributed by atoms with Crippen LogP contribution in [0.5, 0.6) is 5.75 Å². The molecular formula is C16H23NO2. The molecular weight excluding hydrogens is 238 g/mol. The fourth-order valence-electron chi connectivity index (χ4n) is 2.11. The predicted octanol–water partition coefficient (Wildman–Crippen LogP) is 4.03. The van der Waals surface area contributed by atoms with E-state index in [2.05, 4.69) is 32.2 Å². The summed E-state index contributed by atoms with van der Waals surface area (Å²) in [5.74, 6) is 1.95. The van der Waals surface area contributed by atoms with Crippen LogP contribution in [0.1, 0.15) is 38.0 Å². The normalized spacial score (nSPS) is 11.1. The van der Waals surface area contributed by atoms with Crippen molar-refractivity contribution >= 4 is 11.0 Å². The highest BCUT2D eigenvalue weighted by atomic mass is 16.5. The zero-order valence-corrected chi connectivity index (χ0v) is 12.1. The van der Waals surface area contributed by atoms with Crippen LogP contribution in [0.15, 0.2) is 22.6 Å². The number of nitrogens with one attached hydrogen (secondary N) is 1. The molecule has 1 aromatic carbocycles. The van der Waals surface area contributed by atoms with Crippen LogP contribution in [-0.2, 0) is 6.54 Å². The molecule has 0 radical (unpaired) electrons. The SMILES string of the molecule is CCCNCc1oc2ccc(OCCC)cc2c1C. The van der Waals surface area contributed by atoms with E-state index in [4.69, 9.17) is 9.15 Å². The molecule has 1 heterocycles. The van der Waals surface area contributed by atoms with E-state index >= 15 is 0 Å². The minimum absolute atomic E-state index is 0.757. The summed E-state index contributed by atoms with van der Waals surface area (Å²) in [5.41, 5.74) is 2.15. The summed E-state index contributed by atoms with van der Waals surface area (Å²) in [6.07, 6.45) is 2.16. The highest BCUT2D eigenvalue weighted by Crippen LogP contribution is 2.28. The summed E-state index contributed by atoms with van der Waals surface area (Å²) in [5, 5.41) is 4.53. The Hall–Kier alpha value is -1.48. The van der Waals surface area contributed by atoms with E-state index in [0.717, 1.165) is 55.0 Å². The number of fused-ring (bicyclic) bond motifs is 1. The Bertz CT molecular complexity index is 531. The Morgan fingerprint density at radius 1 is 1.21 bits per heavy atom. The number of rotatable bonds is 7. The largest absolute Gasteiger partial charge is 0.494 e. The van der Waals surface area contributed by atoms with E-state index in [-0.39, 0.29) is 0 Å². The fraction of sp³-hybridized carbons (Fsp3) is 0.500. The number of ether oxygens (including phenoxy) is 1. The maximum Gasteiger partial charge on any atom is 0.134 e. The number of benzene rings is 1. The van der Waals surface area contributed by atoms with Gasteiger partial charge in [-0.25, -0.2) is 0 Å². The molecule has 3 heteroatoms. The first kappa shape index (κ1) is 13.9. The molecule has 0 bridgehead atoms. The first-order valence-corrected chi connectivity index (χ1v) is 7.11. The lowest BCUT2D eigenvalue weighted by Gasteiger charge is -2.03. The van der Waals surface area contributed by atoms with Crippen LogP contribution in [0.2, 0.25) is 0 Å². The lowest BCUT2D eigenvalue weighted by atomic mass is 10.1. The molecule has 0 aliphatic heterocycles.